The predicted octanol–water partition coefficient (Wildman–Crippen LogP) is 1.66. The molecule has 3 nitrogen and oxygen atoms in total. The lowest BCUT2D eigenvalue weighted by molar-refractivity contribution is 0.0865. The van der Waals surface area contributed by atoms with Crippen LogP contribution in [0, 0.1) is 0 Å². The van der Waals surface area contributed by atoms with E-state index in [4.69, 9.17) is 5.73 Å². The molecule has 0 radical (unpaired) electrons. The number of nitrogens with two attached hydrogens (primary N) is 1. The Morgan fingerprint density at radius 2 is 2.14 bits per heavy atom. The van der Waals surface area contributed by atoms with Crippen LogP contribution < -0.4 is 5.73 Å². The van der Waals surface area contributed by atoms with E-state index in [1.165, 1.54) is 6.20 Å². The van der Waals surface area contributed by atoms with Crippen LogP contribution in [0.2, 0.25) is 0 Å². The monoisotopic (exact) mass is 201 g/mol. The topological polar surface area (TPSA) is 43.8 Å². The first-order valence-electron chi connectivity index (χ1n) is 4.59. The van der Waals surface area contributed by atoms with E-state index in [2.05, 4.69) is 5.10 Å². The molecular formula is C9H13F2N3. The summed E-state index contributed by atoms with van der Waals surface area (Å²) < 4.78 is 27.6. The third kappa shape index (κ3) is 1.08. The molecule has 0 saturated heterocycles. The van der Waals surface area contributed by atoms with E-state index < -0.39 is 11.5 Å². The van der Waals surface area contributed by atoms with Gasteiger partial charge in [-0.3, -0.25) is 4.68 Å². The molecular weight excluding hydrogens is 188 g/mol. The van der Waals surface area contributed by atoms with Crippen LogP contribution in [-0.2, 0) is 5.54 Å². The Hall–Kier alpha value is -0.970. The molecule has 1 aliphatic carbocycles. The van der Waals surface area contributed by atoms with Crippen molar-refractivity contribution in [3.63, 3.8) is 0 Å². The van der Waals surface area contributed by atoms with Crippen molar-refractivity contribution in [2.24, 2.45) is 5.73 Å². The van der Waals surface area contributed by atoms with Crippen molar-refractivity contribution < 1.29 is 8.78 Å². The average molecular weight is 201 g/mol. The molecule has 0 amide bonds. The van der Waals surface area contributed by atoms with Gasteiger partial charge in [0.05, 0.1) is 5.69 Å². The molecule has 1 atom stereocenters. The molecule has 5 heteroatoms. The number of hydrogen-bond donors (Lipinski definition) is 1. The lowest BCUT2D eigenvalue weighted by atomic mass is 10.2. The van der Waals surface area contributed by atoms with Gasteiger partial charge in [0.1, 0.15) is 5.54 Å². The van der Waals surface area contributed by atoms with E-state index in [1.807, 2.05) is 13.8 Å². The Labute approximate surface area is 80.9 Å². The second kappa shape index (κ2) is 2.53. The summed E-state index contributed by atoms with van der Waals surface area (Å²) in [4.78, 5) is 0. The molecule has 2 N–H and O–H groups in total. The zero-order valence-electron chi connectivity index (χ0n) is 8.17. The summed E-state index contributed by atoms with van der Waals surface area (Å²) in [6.07, 6.45) is 1.23. The normalized spacial score (nSPS) is 29.6. The maximum atomic E-state index is 13.0. The van der Waals surface area contributed by atoms with Gasteiger partial charge in [-0.25, -0.2) is 8.78 Å². The third-order valence-corrected chi connectivity index (χ3v) is 2.65. The number of alkyl halides is 2. The van der Waals surface area contributed by atoms with E-state index >= 15 is 0 Å². The zero-order chi connectivity index (χ0) is 10.6. The summed E-state index contributed by atoms with van der Waals surface area (Å²) in [6.45, 7) is 3.78. The fraction of sp³-hybridized carbons (Fsp3) is 0.667. The van der Waals surface area contributed by atoms with E-state index in [9.17, 15) is 8.78 Å². The SMILES string of the molecule is CC(C)n1nccc1C1(N)CC1(F)F. The minimum absolute atomic E-state index is 0.0526. The van der Waals surface area contributed by atoms with Crippen molar-refractivity contribution in [2.45, 2.75) is 37.8 Å². The molecule has 1 aliphatic rings. The highest BCUT2D eigenvalue weighted by atomic mass is 19.3. The molecule has 1 heterocycles. The summed E-state index contributed by atoms with van der Waals surface area (Å²) >= 11 is 0. The molecule has 1 unspecified atom stereocenters. The molecule has 0 spiro atoms. The minimum Gasteiger partial charge on any atom is -0.315 e. The van der Waals surface area contributed by atoms with Crippen LogP contribution in [-0.4, -0.2) is 15.7 Å². The van der Waals surface area contributed by atoms with Crippen molar-refractivity contribution in [3.8, 4) is 0 Å². The van der Waals surface area contributed by atoms with Crippen LogP contribution in [0.1, 0.15) is 32.0 Å². The Morgan fingerprint density at radius 1 is 1.57 bits per heavy atom. The largest absolute Gasteiger partial charge is 0.315 e. The van der Waals surface area contributed by atoms with Crippen LogP contribution in [0.4, 0.5) is 8.78 Å². The van der Waals surface area contributed by atoms with Gasteiger partial charge in [0.15, 0.2) is 0 Å². The van der Waals surface area contributed by atoms with Crippen molar-refractivity contribution in [2.75, 3.05) is 0 Å². The van der Waals surface area contributed by atoms with Gasteiger partial charge in [-0.2, -0.15) is 5.10 Å². The van der Waals surface area contributed by atoms with Crippen molar-refractivity contribution in [1.82, 2.24) is 9.78 Å². The average Bonchev–Trinajstić information content (AvgIpc) is 2.52. The van der Waals surface area contributed by atoms with Gasteiger partial charge in [-0.1, -0.05) is 0 Å². The fourth-order valence-corrected chi connectivity index (χ4v) is 1.66. The van der Waals surface area contributed by atoms with Gasteiger partial charge in [0, 0.05) is 18.7 Å². The Morgan fingerprint density at radius 3 is 2.57 bits per heavy atom. The predicted molar refractivity (Wildman–Crippen MR) is 48.0 cm³/mol. The van der Waals surface area contributed by atoms with Gasteiger partial charge >= 0.3 is 0 Å². The van der Waals surface area contributed by atoms with E-state index in [0.717, 1.165) is 0 Å². The molecule has 1 saturated carbocycles. The Bertz CT molecular complexity index is 359. The standard InChI is InChI=1S/C9H13F2N3/c1-6(2)14-7(3-4-13-14)8(12)5-9(8,10)11/h3-4,6H,5,12H2,1-2H3. The van der Waals surface area contributed by atoms with E-state index in [-0.39, 0.29) is 12.5 Å². The van der Waals surface area contributed by atoms with Crippen LogP contribution >= 0.6 is 0 Å². The van der Waals surface area contributed by atoms with Gasteiger partial charge in [-0.15, -0.1) is 0 Å². The maximum Gasteiger partial charge on any atom is 0.273 e. The Balaban J connectivity index is 2.39. The molecule has 1 aromatic heterocycles. The lowest BCUT2D eigenvalue weighted by Crippen LogP contribution is -2.30. The van der Waals surface area contributed by atoms with Crippen molar-refractivity contribution in [3.05, 3.63) is 18.0 Å². The lowest BCUT2D eigenvalue weighted by Gasteiger charge is -2.15. The number of hydrogen-bond acceptors (Lipinski definition) is 2. The summed E-state index contributed by atoms with van der Waals surface area (Å²) in [6, 6.07) is 1.62. The van der Waals surface area contributed by atoms with E-state index in [1.54, 1.807) is 10.7 Å². The van der Waals surface area contributed by atoms with Crippen LogP contribution in [0.5, 0.6) is 0 Å². The number of halogens is 2. The molecule has 0 aromatic carbocycles. The third-order valence-electron chi connectivity index (χ3n) is 2.65. The van der Waals surface area contributed by atoms with Crippen LogP contribution in [0.3, 0.4) is 0 Å². The fourth-order valence-electron chi connectivity index (χ4n) is 1.66. The second-order valence-electron chi connectivity index (χ2n) is 4.11. The zero-order valence-corrected chi connectivity index (χ0v) is 8.17. The highest BCUT2D eigenvalue weighted by molar-refractivity contribution is 5.30. The van der Waals surface area contributed by atoms with Gasteiger partial charge in [-0.05, 0) is 19.9 Å². The number of rotatable bonds is 2. The smallest absolute Gasteiger partial charge is 0.273 e. The van der Waals surface area contributed by atoms with Crippen molar-refractivity contribution in [1.29, 1.82) is 0 Å². The van der Waals surface area contributed by atoms with Crippen molar-refractivity contribution >= 4 is 0 Å². The van der Waals surface area contributed by atoms with Gasteiger partial charge < -0.3 is 5.73 Å². The van der Waals surface area contributed by atoms with Gasteiger partial charge in [0.25, 0.3) is 5.92 Å². The van der Waals surface area contributed by atoms with Crippen LogP contribution in [0.25, 0.3) is 0 Å². The minimum atomic E-state index is -2.78. The first-order valence-corrected chi connectivity index (χ1v) is 4.59. The summed E-state index contributed by atoms with van der Waals surface area (Å²) in [5.74, 6) is -2.78. The summed E-state index contributed by atoms with van der Waals surface area (Å²) in [5.41, 5.74) is 4.55. The number of nitrogens with zero attached hydrogens (tertiary/aromatic N) is 2. The van der Waals surface area contributed by atoms with E-state index in [0.29, 0.717) is 5.69 Å². The molecule has 78 valence electrons. The number of aromatic nitrogens is 2. The summed E-state index contributed by atoms with van der Waals surface area (Å²) in [5, 5.41) is 3.99. The first kappa shape index (κ1) is 9.58. The van der Waals surface area contributed by atoms with Crippen LogP contribution in [0.15, 0.2) is 12.3 Å². The molecule has 0 aliphatic heterocycles. The highest BCUT2D eigenvalue weighted by Crippen LogP contribution is 2.57. The highest BCUT2D eigenvalue weighted by Gasteiger charge is 2.71. The van der Waals surface area contributed by atoms with Gasteiger partial charge in [0.2, 0.25) is 0 Å². The Kier molecular flexibility index (Phi) is 1.73. The molecule has 14 heavy (non-hydrogen) atoms. The quantitative estimate of drug-likeness (QED) is 0.790. The first-order chi connectivity index (χ1) is 6.38. The molecule has 0 bridgehead atoms. The molecule has 2 rings (SSSR count). The molecule has 1 aromatic rings. The second-order valence-corrected chi connectivity index (χ2v) is 4.11. The summed E-state index contributed by atoms with van der Waals surface area (Å²) in [7, 11) is 0. The molecule has 1 fully saturated rings. The maximum absolute atomic E-state index is 13.0.